The van der Waals surface area contributed by atoms with Gasteiger partial charge in [0, 0.05) is 12.6 Å². The van der Waals surface area contributed by atoms with Crippen LogP contribution in [0.3, 0.4) is 0 Å². The quantitative estimate of drug-likeness (QED) is 0.583. The van der Waals surface area contributed by atoms with Crippen LogP contribution in [0.1, 0.15) is 27.7 Å². The van der Waals surface area contributed by atoms with Gasteiger partial charge in [-0.1, -0.05) is 13.8 Å². The Kier molecular flexibility index (Phi) is 2.27. The molecule has 0 fully saturated rings. The number of hydrogen-bond acceptors (Lipinski definition) is 1. The van der Waals surface area contributed by atoms with Crippen molar-refractivity contribution in [1.29, 1.82) is 0 Å². The highest BCUT2D eigenvalue weighted by molar-refractivity contribution is 5.96. The van der Waals surface area contributed by atoms with Gasteiger partial charge < -0.3 is 4.90 Å². The minimum atomic E-state index is 0.186. The predicted molar refractivity (Wildman–Crippen MR) is 49.8 cm³/mol. The lowest BCUT2D eigenvalue weighted by Crippen LogP contribution is -2.35. The summed E-state index contributed by atoms with van der Waals surface area (Å²) in [6, 6.07) is 0.317. The first-order chi connectivity index (χ1) is 5.46. The van der Waals surface area contributed by atoms with E-state index >= 15 is 0 Å². The smallest absolute Gasteiger partial charge is 0.249 e. The highest BCUT2D eigenvalue weighted by Crippen LogP contribution is 2.28. The van der Waals surface area contributed by atoms with Crippen LogP contribution in [0.15, 0.2) is 11.1 Å². The molecule has 1 unspecified atom stereocenters. The van der Waals surface area contributed by atoms with E-state index in [0.717, 1.165) is 5.57 Å². The molecule has 0 aliphatic carbocycles. The molecule has 0 saturated carbocycles. The van der Waals surface area contributed by atoms with Gasteiger partial charge in [-0.2, -0.15) is 0 Å². The Morgan fingerprint density at radius 3 is 2.00 bits per heavy atom. The third-order valence-corrected chi connectivity index (χ3v) is 2.73. The number of carbonyl (C=O) groups excluding carboxylic acids is 1. The lowest BCUT2D eigenvalue weighted by atomic mass is 9.97. The maximum absolute atomic E-state index is 11.5. The summed E-state index contributed by atoms with van der Waals surface area (Å²) < 4.78 is 0. The van der Waals surface area contributed by atoms with E-state index in [1.807, 2.05) is 18.9 Å². The molecule has 0 spiro atoms. The number of carbonyl (C=O) groups is 1. The molecule has 2 nitrogen and oxygen atoms in total. The Morgan fingerprint density at radius 1 is 1.33 bits per heavy atom. The third-order valence-electron chi connectivity index (χ3n) is 2.73. The Morgan fingerprint density at radius 2 is 1.83 bits per heavy atom. The van der Waals surface area contributed by atoms with Crippen LogP contribution >= 0.6 is 0 Å². The molecule has 1 atom stereocenters. The monoisotopic (exact) mass is 167 g/mol. The molecule has 0 bridgehead atoms. The van der Waals surface area contributed by atoms with E-state index < -0.39 is 0 Å². The van der Waals surface area contributed by atoms with Gasteiger partial charge in [-0.15, -0.1) is 0 Å². The SMILES string of the molecule is CC1=C(C)C(C(C)C)N(C)C1=O. The zero-order chi connectivity index (χ0) is 9.46. The number of nitrogens with zero attached hydrogens (tertiary/aromatic N) is 1. The fourth-order valence-corrected chi connectivity index (χ4v) is 2.02. The van der Waals surface area contributed by atoms with E-state index in [1.165, 1.54) is 5.57 Å². The molecule has 0 aromatic carbocycles. The van der Waals surface area contributed by atoms with Crippen molar-refractivity contribution in [3.63, 3.8) is 0 Å². The largest absolute Gasteiger partial charge is 0.335 e. The molecule has 1 amide bonds. The summed E-state index contributed by atoms with van der Waals surface area (Å²) in [5, 5.41) is 0. The van der Waals surface area contributed by atoms with Crippen LogP contribution in [0.25, 0.3) is 0 Å². The Labute approximate surface area is 74.2 Å². The molecule has 0 N–H and O–H groups in total. The zero-order valence-electron chi connectivity index (χ0n) is 8.51. The first kappa shape index (κ1) is 9.30. The van der Waals surface area contributed by atoms with E-state index in [2.05, 4.69) is 20.8 Å². The molecule has 0 saturated heterocycles. The van der Waals surface area contributed by atoms with Crippen molar-refractivity contribution in [3.05, 3.63) is 11.1 Å². The van der Waals surface area contributed by atoms with E-state index in [9.17, 15) is 4.79 Å². The van der Waals surface area contributed by atoms with Crippen LogP contribution in [0.5, 0.6) is 0 Å². The summed E-state index contributed by atoms with van der Waals surface area (Å²) in [5.74, 6) is 0.697. The lowest BCUT2D eigenvalue weighted by Gasteiger charge is -2.25. The number of likely N-dealkylation sites (N-methyl/N-ethyl adjacent to an activating group) is 1. The Bertz CT molecular complexity index is 240. The fourth-order valence-electron chi connectivity index (χ4n) is 2.02. The van der Waals surface area contributed by atoms with E-state index in [1.54, 1.807) is 0 Å². The highest BCUT2D eigenvalue weighted by Gasteiger charge is 2.33. The van der Waals surface area contributed by atoms with Gasteiger partial charge in [-0.05, 0) is 25.3 Å². The van der Waals surface area contributed by atoms with E-state index in [0.29, 0.717) is 12.0 Å². The van der Waals surface area contributed by atoms with E-state index in [-0.39, 0.29) is 5.91 Å². The van der Waals surface area contributed by atoms with Crippen LogP contribution in [-0.2, 0) is 4.79 Å². The van der Waals surface area contributed by atoms with Crippen molar-refractivity contribution in [2.45, 2.75) is 33.7 Å². The molecule has 68 valence electrons. The molecule has 1 heterocycles. The Balaban J connectivity index is 2.99. The van der Waals surface area contributed by atoms with Crippen LogP contribution in [0.2, 0.25) is 0 Å². The minimum absolute atomic E-state index is 0.186. The lowest BCUT2D eigenvalue weighted by molar-refractivity contribution is -0.126. The molecular weight excluding hydrogens is 150 g/mol. The van der Waals surface area contributed by atoms with Crippen molar-refractivity contribution < 1.29 is 4.79 Å². The number of amides is 1. The number of rotatable bonds is 1. The van der Waals surface area contributed by atoms with Crippen LogP contribution in [0.4, 0.5) is 0 Å². The molecule has 1 aliphatic rings. The maximum Gasteiger partial charge on any atom is 0.249 e. The second kappa shape index (κ2) is 2.92. The summed E-state index contributed by atoms with van der Waals surface area (Å²) in [6.45, 7) is 8.27. The average molecular weight is 167 g/mol. The van der Waals surface area contributed by atoms with Crippen molar-refractivity contribution in [1.82, 2.24) is 4.90 Å². The molecule has 1 rings (SSSR count). The van der Waals surface area contributed by atoms with Crippen LogP contribution in [0, 0.1) is 5.92 Å². The van der Waals surface area contributed by atoms with Crippen LogP contribution < -0.4 is 0 Å². The van der Waals surface area contributed by atoms with Crippen molar-refractivity contribution in [2.75, 3.05) is 7.05 Å². The van der Waals surface area contributed by atoms with Gasteiger partial charge in [0.2, 0.25) is 5.91 Å². The highest BCUT2D eigenvalue weighted by atomic mass is 16.2. The second-order valence-corrected chi connectivity index (χ2v) is 3.91. The summed E-state index contributed by atoms with van der Waals surface area (Å²) in [4.78, 5) is 13.3. The third kappa shape index (κ3) is 1.15. The molecule has 2 heteroatoms. The van der Waals surface area contributed by atoms with Gasteiger partial charge in [0.15, 0.2) is 0 Å². The van der Waals surface area contributed by atoms with Gasteiger partial charge in [-0.25, -0.2) is 0 Å². The maximum atomic E-state index is 11.5. The summed E-state index contributed by atoms with van der Waals surface area (Å²) in [6.07, 6.45) is 0. The minimum Gasteiger partial charge on any atom is -0.335 e. The van der Waals surface area contributed by atoms with Gasteiger partial charge in [0.05, 0.1) is 6.04 Å². The molecule has 12 heavy (non-hydrogen) atoms. The summed E-state index contributed by atoms with van der Waals surface area (Å²) in [7, 11) is 1.88. The van der Waals surface area contributed by atoms with Crippen molar-refractivity contribution in [2.24, 2.45) is 5.92 Å². The predicted octanol–water partition coefficient (Wildman–Crippen LogP) is 1.82. The fraction of sp³-hybridized carbons (Fsp3) is 0.700. The molecule has 0 aromatic rings. The molecule has 0 radical (unpaired) electrons. The Hall–Kier alpha value is -0.790. The van der Waals surface area contributed by atoms with Gasteiger partial charge in [-0.3, -0.25) is 4.79 Å². The van der Waals surface area contributed by atoms with Gasteiger partial charge >= 0.3 is 0 Å². The molecule has 1 aliphatic heterocycles. The van der Waals surface area contributed by atoms with E-state index in [4.69, 9.17) is 0 Å². The summed E-state index contributed by atoms with van der Waals surface area (Å²) >= 11 is 0. The number of hydrogen-bond donors (Lipinski definition) is 0. The summed E-state index contributed by atoms with van der Waals surface area (Å²) in [5.41, 5.74) is 2.16. The first-order valence-electron chi connectivity index (χ1n) is 4.41. The zero-order valence-corrected chi connectivity index (χ0v) is 8.51. The topological polar surface area (TPSA) is 20.3 Å². The molecule has 0 aromatic heterocycles. The van der Waals surface area contributed by atoms with Gasteiger partial charge in [0.1, 0.15) is 0 Å². The van der Waals surface area contributed by atoms with Crippen LogP contribution in [-0.4, -0.2) is 23.9 Å². The first-order valence-corrected chi connectivity index (χ1v) is 4.41. The standard InChI is InChI=1S/C10H17NO/c1-6(2)9-7(3)8(4)10(12)11(9)5/h6,9H,1-5H3. The van der Waals surface area contributed by atoms with Crippen molar-refractivity contribution in [3.8, 4) is 0 Å². The average Bonchev–Trinajstić information content (AvgIpc) is 2.16. The normalized spacial score (nSPS) is 24.7. The van der Waals surface area contributed by atoms with Crippen molar-refractivity contribution >= 4 is 5.91 Å². The van der Waals surface area contributed by atoms with Gasteiger partial charge in [0.25, 0.3) is 0 Å². The molecular formula is C10H17NO. The second-order valence-electron chi connectivity index (χ2n) is 3.91.